The molecule has 0 saturated carbocycles. The molecule has 2 unspecified atom stereocenters. The van der Waals surface area contributed by atoms with Crippen molar-refractivity contribution in [3.63, 3.8) is 0 Å². The topological polar surface area (TPSA) is 69.9 Å². The second-order valence-electron chi connectivity index (χ2n) is 7.38. The molecule has 3 atom stereocenters. The number of thiazole rings is 1. The van der Waals surface area contributed by atoms with E-state index in [4.69, 9.17) is 14.5 Å². The van der Waals surface area contributed by atoms with Crippen LogP contribution in [0.1, 0.15) is 24.1 Å². The van der Waals surface area contributed by atoms with Crippen LogP contribution in [-0.4, -0.2) is 23.4 Å². The van der Waals surface area contributed by atoms with Crippen LogP contribution in [0.4, 0.5) is 0 Å². The van der Waals surface area contributed by atoms with Crippen LogP contribution in [-0.2, 0) is 9.53 Å². The number of hydrogen-bond donors (Lipinski definition) is 0. The Morgan fingerprint density at radius 2 is 2.10 bits per heavy atom. The fourth-order valence-electron chi connectivity index (χ4n) is 4.18. The number of aromatic nitrogens is 1. The maximum Gasteiger partial charge on any atom is 0.317 e. The lowest BCUT2D eigenvalue weighted by atomic mass is 9.81. The van der Waals surface area contributed by atoms with Gasteiger partial charge in [-0.25, -0.2) is 4.99 Å². The first-order chi connectivity index (χ1) is 14.4. The molecule has 5 rings (SSSR count). The normalized spacial score (nSPS) is 24.3. The van der Waals surface area contributed by atoms with Crippen LogP contribution < -0.4 is 19.6 Å². The van der Waals surface area contributed by atoms with Gasteiger partial charge >= 0.3 is 5.97 Å². The number of para-hydroxylation sites is 1. The highest BCUT2D eigenvalue weighted by molar-refractivity contribution is 14.1. The maximum atomic E-state index is 13.5. The van der Waals surface area contributed by atoms with Gasteiger partial charge in [-0.1, -0.05) is 41.7 Å². The lowest BCUT2D eigenvalue weighted by Gasteiger charge is -2.44. The molecule has 2 aliphatic rings. The summed E-state index contributed by atoms with van der Waals surface area (Å²) in [6.45, 7) is 1.77. The Morgan fingerprint density at radius 3 is 2.87 bits per heavy atom. The maximum absolute atomic E-state index is 13.5. The van der Waals surface area contributed by atoms with Gasteiger partial charge in [-0.3, -0.25) is 14.2 Å². The third kappa shape index (κ3) is 2.92. The van der Waals surface area contributed by atoms with Crippen molar-refractivity contribution in [3.8, 4) is 5.75 Å². The van der Waals surface area contributed by atoms with E-state index in [-0.39, 0.29) is 5.56 Å². The number of halogens is 1. The number of methoxy groups -OCH3 is 1. The summed E-state index contributed by atoms with van der Waals surface area (Å²) in [5.74, 6) is -0.587. The van der Waals surface area contributed by atoms with Gasteiger partial charge < -0.3 is 9.47 Å². The molecule has 3 heterocycles. The molecule has 8 heteroatoms. The second kappa shape index (κ2) is 7.05. The number of benzene rings is 2. The van der Waals surface area contributed by atoms with E-state index < -0.39 is 23.7 Å². The third-order valence-corrected chi connectivity index (χ3v) is 7.14. The number of hydrogen-bond acceptors (Lipinski definition) is 6. The van der Waals surface area contributed by atoms with Crippen LogP contribution in [0, 0.1) is 9.49 Å². The summed E-state index contributed by atoms with van der Waals surface area (Å²) < 4.78 is 14.5. The number of carbonyl (C=O) groups excluding carboxylic acids is 1. The Hall–Kier alpha value is -2.46. The molecule has 1 aromatic heterocycles. The minimum Gasteiger partial charge on any atom is -0.469 e. The lowest BCUT2D eigenvalue weighted by Crippen LogP contribution is -2.58. The quantitative estimate of drug-likeness (QED) is 0.376. The first-order valence-corrected chi connectivity index (χ1v) is 11.2. The van der Waals surface area contributed by atoms with Gasteiger partial charge in [0.2, 0.25) is 5.72 Å². The van der Waals surface area contributed by atoms with Crippen LogP contribution in [0.5, 0.6) is 5.75 Å². The fourth-order valence-corrected chi connectivity index (χ4v) is 5.85. The Balaban J connectivity index is 1.80. The van der Waals surface area contributed by atoms with E-state index in [1.54, 1.807) is 11.5 Å². The number of nitrogens with zero attached hydrogens (tertiary/aromatic N) is 2. The van der Waals surface area contributed by atoms with Gasteiger partial charge in [0.05, 0.1) is 17.7 Å². The highest BCUT2D eigenvalue weighted by Crippen LogP contribution is 2.47. The van der Waals surface area contributed by atoms with Gasteiger partial charge in [0.1, 0.15) is 11.7 Å². The van der Waals surface area contributed by atoms with Crippen molar-refractivity contribution in [1.82, 2.24) is 4.57 Å². The van der Waals surface area contributed by atoms with Crippen LogP contribution in [0.3, 0.4) is 0 Å². The van der Waals surface area contributed by atoms with Crippen LogP contribution >= 0.6 is 33.9 Å². The number of rotatable bonds is 2. The molecule has 0 amide bonds. The molecule has 152 valence electrons. The lowest BCUT2D eigenvalue weighted by molar-refractivity contribution is -0.158. The molecular formula is C22H17IN2O4S. The Labute approximate surface area is 189 Å². The van der Waals surface area contributed by atoms with Crippen molar-refractivity contribution in [2.75, 3.05) is 7.11 Å². The Kier molecular flexibility index (Phi) is 4.59. The zero-order valence-electron chi connectivity index (χ0n) is 16.2. The summed E-state index contributed by atoms with van der Waals surface area (Å²) in [4.78, 5) is 31.5. The summed E-state index contributed by atoms with van der Waals surface area (Å²) in [6.07, 6.45) is 1.86. The van der Waals surface area contributed by atoms with Crippen molar-refractivity contribution in [1.29, 1.82) is 0 Å². The van der Waals surface area contributed by atoms with Gasteiger partial charge in [0, 0.05) is 9.13 Å². The third-order valence-electron chi connectivity index (χ3n) is 5.48. The average molecular weight is 532 g/mol. The Morgan fingerprint density at radius 1 is 1.30 bits per heavy atom. The van der Waals surface area contributed by atoms with Gasteiger partial charge in [0.15, 0.2) is 4.80 Å². The van der Waals surface area contributed by atoms with Gasteiger partial charge in [0.25, 0.3) is 5.56 Å². The molecule has 30 heavy (non-hydrogen) atoms. The summed E-state index contributed by atoms with van der Waals surface area (Å²) in [7, 11) is 1.34. The van der Waals surface area contributed by atoms with Crippen LogP contribution in [0.25, 0.3) is 6.08 Å². The first kappa shape index (κ1) is 19.5. The van der Waals surface area contributed by atoms with Crippen molar-refractivity contribution < 1.29 is 14.3 Å². The van der Waals surface area contributed by atoms with E-state index in [0.29, 0.717) is 15.1 Å². The van der Waals surface area contributed by atoms with E-state index in [1.165, 1.54) is 18.4 Å². The summed E-state index contributed by atoms with van der Waals surface area (Å²) in [6, 6.07) is 14.8. The summed E-state index contributed by atoms with van der Waals surface area (Å²) in [5, 5.41) is 0. The van der Waals surface area contributed by atoms with E-state index in [2.05, 4.69) is 22.6 Å². The summed E-state index contributed by atoms with van der Waals surface area (Å²) in [5.41, 5.74) is 0.397. The highest BCUT2D eigenvalue weighted by Gasteiger charge is 2.55. The van der Waals surface area contributed by atoms with Crippen LogP contribution in [0.2, 0.25) is 0 Å². The van der Waals surface area contributed by atoms with Crippen molar-refractivity contribution in [2.24, 2.45) is 10.9 Å². The van der Waals surface area contributed by atoms with E-state index >= 15 is 0 Å². The minimum atomic E-state index is -1.15. The van der Waals surface area contributed by atoms with Gasteiger partial charge in [-0.2, -0.15) is 0 Å². The number of esters is 1. The molecule has 0 aliphatic carbocycles. The van der Waals surface area contributed by atoms with Crippen molar-refractivity contribution in [3.05, 3.63) is 82.9 Å². The predicted octanol–water partition coefficient (Wildman–Crippen LogP) is 2.46. The fraction of sp³-hybridized carbons (Fsp3) is 0.227. The number of carbonyl (C=O) groups is 1. The molecule has 2 aliphatic heterocycles. The molecule has 0 radical (unpaired) electrons. The molecular weight excluding hydrogens is 515 g/mol. The van der Waals surface area contributed by atoms with Crippen LogP contribution in [0.15, 0.2) is 58.3 Å². The number of fused-ring (bicyclic) bond motifs is 6. The molecule has 0 spiro atoms. The molecule has 0 fully saturated rings. The molecule has 3 aromatic rings. The summed E-state index contributed by atoms with van der Waals surface area (Å²) >= 11 is 3.55. The molecule has 2 aromatic carbocycles. The molecule has 6 nitrogen and oxygen atoms in total. The monoisotopic (exact) mass is 532 g/mol. The highest BCUT2D eigenvalue weighted by atomic mass is 127. The van der Waals surface area contributed by atoms with E-state index in [9.17, 15) is 9.59 Å². The predicted molar refractivity (Wildman–Crippen MR) is 121 cm³/mol. The first-order valence-electron chi connectivity index (χ1n) is 9.35. The SMILES string of the molecule is COC(=O)C1C2c3ccccc3O[C@@]1(C)N=c1sc(=Cc3cccc(I)c3)c(=O)n12. The van der Waals surface area contributed by atoms with E-state index in [1.807, 2.05) is 54.6 Å². The van der Waals surface area contributed by atoms with Crippen molar-refractivity contribution >= 4 is 46.0 Å². The zero-order valence-corrected chi connectivity index (χ0v) is 19.1. The minimum absolute atomic E-state index is 0.171. The van der Waals surface area contributed by atoms with Crippen molar-refractivity contribution in [2.45, 2.75) is 18.7 Å². The largest absolute Gasteiger partial charge is 0.469 e. The molecule has 0 N–H and O–H groups in total. The Bertz CT molecular complexity index is 1360. The molecule has 0 saturated heterocycles. The standard InChI is InChI=1S/C22H17IN2O4S/c1-22-17(20(27)28-2)18(14-8-3-4-9-15(14)29-22)25-19(26)16(30-21(25)24-22)11-12-6-5-7-13(23)10-12/h3-11,17-18H,1-2H3/t17?,18?,22-/m1/s1. The zero-order chi connectivity index (χ0) is 21.0. The smallest absolute Gasteiger partial charge is 0.317 e. The number of ether oxygens (including phenoxy) is 2. The average Bonchev–Trinajstić information content (AvgIpc) is 3.00. The van der Waals surface area contributed by atoms with E-state index in [0.717, 1.165) is 14.7 Å². The molecule has 2 bridgehead atoms. The van der Waals surface area contributed by atoms with Gasteiger partial charge in [-0.05, 0) is 59.4 Å². The van der Waals surface area contributed by atoms with Gasteiger partial charge in [-0.15, -0.1) is 0 Å². The second-order valence-corrected chi connectivity index (χ2v) is 9.63.